The fourth-order valence-corrected chi connectivity index (χ4v) is 4.33. The van der Waals surface area contributed by atoms with Crippen molar-refractivity contribution in [1.29, 1.82) is 0 Å². The highest BCUT2D eigenvalue weighted by molar-refractivity contribution is 7.99. The molecule has 0 bridgehead atoms. The molecule has 2 aliphatic rings. The van der Waals surface area contributed by atoms with Gasteiger partial charge in [-0.3, -0.25) is 9.36 Å². The van der Waals surface area contributed by atoms with Gasteiger partial charge in [0, 0.05) is 31.7 Å². The molecule has 26 heavy (non-hydrogen) atoms. The highest BCUT2D eigenvalue weighted by Gasteiger charge is 2.32. The number of furan rings is 1. The molecule has 140 valence electrons. The van der Waals surface area contributed by atoms with E-state index in [0.717, 1.165) is 43.7 Å². The van der Waals surface area contributed by atoms with Gasteiger partial charge in [0.15, 0.2) is 16.7 Å². The third-order valence-corrected chi connectivity index (χ3v) is 6.03. The average Bonchev–Trinajstić information content (AvgIpc) is 3.20. The lowest BCUT2D eigenvalue weighted by atomic mass is 10.1. The molecule has 4 rings (SSSR count). The van der Waals surface area contributed by atoms with Crippen LogP contribution in [0, 0.1) is 0 Å². The van der Waals surface area contributed by atoms with Gasteiger partial charge >= 0.3 is 0 Å². The van der Waals surface area contributed by atoms with E-state index in [-0.39, 0.29) is 5.91 Å². The molecule has 3 heterocycles. The molecule has 0 unspecified atom stereocenters. The number of thioether (sulfide) groups is 1. The Kier molecular flexibility index (Phi) is 5.31. The summed E-state index contributed by atoms with van der Waals surface area (Å²) >= 11 is 1.43. The monoisotopic (exact) mass is 375 g/mol. The van der Waals surface area contributed by atoms with E-state index in [2.05, 4.69) is 20.4 Å². The Bertz CT molecular complexity index is 733. The van der Waals surface area contributed by atoms with Crippen LogP contribution in [-0.2, 0) is 11.3 Å². The van der Waals surface area contributed by atoms with Crippen molar-refractivity contribution in [1.82, 2.24) is 25.0 Å². The fraction of sp³-hybridized carbons (Fsp3) is 0.611. The largest absolute Gasteiger partial charge is 0.461 e. The highest BCUT2D eigenvalue weighted by Crippen LogP contribution is 2.29. The van der Waals surface area contributed by atoms with E-state index in [1.807, 2.05) is 23.6 Å². The van der Waals surface area contributed by atoms with Gasteiger partial charge in [-0.1, -0.05) is 11.8 Å². The first-order valence-electron chi connectivity index (χ1n) is 9.38. The Balaban J connectivity index is 1.28. The zero-order valence-corrected chi connectivity index (χ0v) is 15.9. The lowest BCUT2D eigenvalue weighted by molar-refractivity contribution is -0.119. The Morgan fingerprint density at radius 3 is 2.77 bits per heavy atom. The number of carbonyl (C=O) groups excluding carboxylic acids is 1. The van der Waals surface area contributed by atoms with Gasteiger partial charge in [0.25, 0.3) is 0 Å². The van der Waals surface area contributed by atoms with Gasteiger partial charge in [0.1, 0.15) is 0 Å². The quantitative estimate of drug-likeness (QED) is 0.749. The van der Waals surface area contributed by atoms with Crippen molar-refractivity contribution >= 4 is 17.7 Å². The number of carbonyl (C=O) groups is 1. The van der Waals surface area contributed by atoms with E-state index in [1.54, 1.807) is 6.26 Å². The fourth-order valence-electron chi connectivity index (χ4n) is 3.52. The van der Waals surface area contributed by atoms with Crippen molar-refractivity contribution in [3.8, 4) is 11.6 Å². The molecule has 7 nitrogen and oxygen atoms in total. The van der Waals surface area contributed by atoms with Crippen LogP contribution in [0.2, 0.25) is 0 Å². The third-order valence-electron chi connectivity index (χ3n) is 5.06. The second kappa shape index (κ2) is 7.84. The number of likely N-dealkylation sites (tertiary alicyclic amines) is 1. The van der Waals surface area contributed by atoms with Gasteiger partial charge in [0.2, 0.25) is 5.91 Å². The zero-order valence-electron chi connectivity index (χ0n) is 15.1. The summed E-state index contributed by atoms with van der Waals surface area (Å²) in [7, 11) is 0. The number of aromatic nitrogens is 3. The second-order valence-corrected chi connectivity index (χ2v) is 7.87. The van der Waals surface area contributed by atoms with Gasteiger partial charge in [0.05, 0.1) is 12.0 Å². The van der Waals surface area contributed by atoms with Crippen molar-refractivity contribution in [2.45, 2.75) is 56.4 Å². The van der Waals surface area contributed by atoms with E-state index in [9.17, 15) is 4.79 Å². The van der Waals surface area contributed by atoms with Crippen molar-refractivity contribution in [2.75, 3.05) is 18.8 Å². The molecule has 0 aromatic carbocycles. The SMILES string of the molecule is CCn1c(SCC(=O)NC2CCN(C3CC3)CC2)nnc1-c1ccco1. The summed E-state index contributed by atoms with van der Waals surface area (Å²) in [5, 5.41) is 12.4. The van der Waals surface area contributed by atoms with Crippen LogP contribution in [0.3, 0.4) is 0 Å². The van der Waals surface area contributed by atoms with Crippen molar-refractivity contribution in [3.63, 3.8) is 0 Å². The number of hydrogen-bond acceptors (Lipinski definition) is 6. The molecule has 8 heteroatoms. The molecule has 2 fully saturated rings. The van der Waals surface area contributed by atoms with Gasteiger partial charge < -0.3 is 14.6 Å². The van der Waals surface area contributed by atoms with Gasteiger partial charge in [-0.05, 0) is 44.7 Å². The molecule has 2 aromatic rings. The van der Waals surface area contributed by atoms with Gasteiger partial charge in [-0.25, -0.2) is 0 Å². The first kappa shape index (κ1) is 17.6. The predicted octanol–water partition coefficient (Wildman–Crippen LogP) is 2.39. The minimum atomic E-state index is 0.0741. The van der Waals surface area contributed by atoms with Crippen LogP contribution >= 0.6 is 11.8 Å². The van der Waals surface area contributed by atoms with Crippen LogP contribution in [0.5, 0.6) is 0 Å². The summed E-state index contributed by atoms with van der Waals surface area (Å²) in [6, 6.07) is 4.83. The molecule has 1 saturated heterocycles. The molecule has 1 saturated carbocycles. The maximum atomic E-state index is 12.3. The minimum Gasteiger partial charge on any atom is -0.461 e. The molecule has 0 radical (unpaired) electrons. The van der Waals surface area contributed by atoms with Crippen LogP contribution in [0.1, 0.15) is 32.6 Å². The third kappa shape index (κ3) is 3.96. The Morgan fingerprint density at radius 2 is 2.12 bits per heavy atom. The first-order chi connectivity index (χ1) is 12.7. The standard InChI is InChI=1S/C18H25N5O2S/c1-2-23-17(15-4-3-11-25-15)20-21-18(23)26-12-16(24)19-13-7-9-22(10-8-13)14-5-6-14/h3-4,11,13-14H,2,5-10,12H2,1H3,(H,19,24). The molecule has 1 amide bonds. The van der Waals surface area contributed by atoms with Crippen LogP contribution in [-0.4, -0.2) is 56.5 Å². The second-order valence-electron chi connectivity index (χ2n) is 6.93. The number of nitrogens with one attached hydrogen (secondary N) is 1. The van der Waals surface area contributed by atoms with E-state index in [4.69, 9.17) is 4.42 Å². The number of piperidine rings is 1. The van der Waals surface area contributed by atoms with E-state index < -0.39 is 0 Å². The summed E-state index contributed by atoms with van der Waals surface area (Å²) < 4.78 is 7.39. The Hall–Kier alpha value is -1.80. The Morgan fingerprint density at radius 1 is 1.31 bits per heavy atom. The topological polar surface area (TPSA) is 76.2 Å². The molecule has 0 atom stereocenters. The van der Waals surface area contributed by atoms with E-state index in [0.29, 0.717) is 23.4 Å². The predicted molar refractivity (Wildman–Crippen MR) is 99.9 cm³/mol. The van der Waals surface area contributed by atoms with Crippen molar-refractivity contribution < 1.29 is 9.21 Å². The maximum Gasteiger partial charge on any atom is 0.230 e. The number of hydrogen-bond donors (Lipinski definition) is 1. The number of rotatable bonds is 7. The normalized spacial score (nSPS) is 19.0. The van der Waals surface area contributed by atoms with Gasteiger partial charge in [-0.2, -0.15) is 0 Å². The lowest BCUT2D eigenvalue weighted by Crippen LogP contribution is -2.45. The number of nitrogens with zero attached hydrogens (tertiary/aromatic N) is 4. The van der Waals surface area contributed by atoms with Crippen LogP contribution < -0.4 is 5.32 Å². The summed E-state index contributed by atoms with van der Waals surface area (Å²) in [5.41, 5.74) is 0. The molecule has 0 spiro atoms. The van der Waals surface area contributed by atoms with Crippen LogP contribution in [0.15, 0.2) is 28.0 Å². The number of amides is 1. The Labute approximate surface area is 157 Å². The highest BCUT2D eigenvalue weighted by atomic mass is 32.2. The lowest BCUT2D eigenvalue weighted by Gasteiger charge is -2.32. The van der Waals surface area contributed by atoms with Crippen molar-refractivity contribution in [2.24, 2.45) is 0 Å². The average molecular weight is 375 g/mol. The van der Waals surface area contributed by atoms with Crippen LogP contribution in [0.4, 0.5) is 0 Å². The zero-order chi connectivity index (χ0) is 17.9. The smallest absolute Gasteiger partial charge is 0.230 e. The van der Waals surface area contributed by atoms with E-state index >= 15 is 0 Å². The summed E-state index contributed by atoms with van der Waals surface area (Å²) in [6.45, 7) is 4.99. The molecule has 1 aliphatic carbocycles. The van der Waals surface area contributed by atoms with Crippen LogP contribution in [0.25, 0.3) is 11.6 Å². The van der Waals surface area contributed by atoms with Crippen molar-refractivity contribution in [3.05, 3.63) is 18.4 Å². The summed E-state index contributed by atoms with van der Waals surface area (Å²) in [4.78, 5) is 14.9. The minimum absolute atomic E-state index is 0.0741. The molecule has 1 aliphatic heterocycles. The molecule has 1 N–H and O–H groups in total. The summed E-state index contributed by atoms with van der Waals surface area (Å²) in [6.07, 6.45) is 6.44. The van der Waals surface area contributed by atoms with Gasteiger partial charge in [-0.15, -0.1) is 10.2 Å². The molecular formula is C18H25N5O2S. The molecule has 2 aromatic heterocycles. The first-order valence-corrected chi connectivity index (χ1v) is 10.4. The van der Waals surface area contributed by atoms with E-state index in [1.165, 1.54) is 24.6 Å². The molecular weight excluding hydrogens is 350 g/mol. The maximum absolute atomic E-state index is 12.3. The summed E-state index contributed by atoms with van der Waals surface area (Å²) in [5.74, 6) is 1.83.